The van der Waals surface area contributed by atoms with Crippen LogP contribution in [0.2, 0.25) is 0 Å². The van der Waals surface area contributed by atoms with Crippen LogP contribution in [0.15, 0.2) is 24.3 Å². The quantitative estimate of drug-likeness (QED) is 0.0288. The van der Waals surface area contributed by atoms with Crippen LogP contribution in [-0.4, -0.2) is 96.0 Å². The minimum atomic E-state index is -4.59. The molecule has 1 fully saturated rings. The maximum absolute atomic E-state index is 12.6. The first-order chi connectivity index (χ1) is 24.0. The van der Waals surface area contributed by atoms with Crippen molar-refractivity contribution in [3.8, 4) is 0 Å². The van der Waals surface area contributed by atoms with Gasteiger partial charge in [-0.3, -0.25) is 14.1 Å². The fourth-order valence-corrected chi connectivity index (χ4v) is 6.22. The van der Waals surface area contributed by atoms with Crippen molar-refractivity contribution in [1.82, 2.24) is 0 Å². The number of hydrogen-bond donors (Lipinski definition) is 4. The zero-order chi connectivity index (χ0) is 37.0. The largest absolute Gasteiger partial charge is 0.462 e. The number of rotatable bonds is 30. The van der Waals surface area contributed by atoms with Crippen molar-refractivity contribution in [2.75, 3.05) is 19.0 Å². The van der Waals surface area contributed by atoms with Crippen molar-refractivity contribution in [3.63, 3.8) is 0 Å². The third-order valence-corrected chi connectivity index (χ3v) is 9.28. The molecule has 0 saturated carbocycles. The molecule has 4 N–H and O–H groups in total. The minimum Gasteiger partial charge on any atom is -0.462 e. The third-order valence-electron chi connectivity index (χ3n) is 8.53. The van der Waals surface area contributed by atoms with Gasteiger partial charge in [0.15, 0.2) is 12.4 Å². The summed E-state index contributed by atoms with van der Waals surface area (Å²) in [5.74, 6) is -2.01. The Morgan fingerprint density at radius 2 is 1.20 bits per heavy atom. The summed E-state index contributed by atoms with van der Waals surface area (Å²) in [6.45, 7) is 3.63. The molecule has 12 nitrogen and oxygen atoms in total. The summed E-state index contributed by atoms with van der Waals surface area (Å²) in [5.41, 5.74) is 0. The fraction of sp³-hybridized carbons (Fsp3) is 0.838. The second-order valence-corrected chi connectivity index (χ2v) is 14.7. The van der Waals surface area contributed by atoms with Crippen LogP contribution in [0.1, 0.15) is 142 Å². The fourth-order valence-electron chi connectivity index (χ4n) is 5.53. The highest BCUT2D eigenvalue weighted by Crippen LogP contribution is 2.24. The van der Waals surface area contributed by atoms with Crippen LogP contribution in [0, 0.1) is 0 Å². The van der Waals surface area contributed by atoms with Crippen LogP contribution in [0.25, 0.3) is 0 Å². The number of ether oxygens (including phenoxy) is 4. The van der Waals surface area contributed by atoms with E-state index in [4.69, 9.17) is 18.9 Å². The number of aliphatic hydroxyl groups is 3. The van der Waals surface area contributed by atoms with E-state index in [0.29, 0.717) is 12.8 Å². The Hall–Kier alpha value is -1.87. The Bertz CT molecular complexity index is 1050. The van der Waals surface area contributed by atoms with Gasteiger partial charge in [-0.25, -0.2) is 0 Å². The van der Waals surface area contributed by atoms with E-state index in [-0.39, 0.29) is 19.4 Å². The van der Waals surface area contributed by atoms with Gasteiger partial charge in [0.05, 0.1) is 6.61 Å². The molecule has 292 valence electrons. The number of unbranched alkanes of at least 4 members (excludes halogenated alkanes) is 14. The molecule has 0 aromatic heterocycles. The number of allylic oxidation sites excluding steroid dienone is 4. The molecule has 1 aliphatic heterocycles. The molecule has 1 saturated heterocycles. The molecule has 0 radical (unpaired) electrons. The molecule has 1 rings (SSSR count). The number of carbonyl (C=O) groups is 2. The third kappa shape index (κ3) is 23.6. The molecular weight excluding hydrogens is 668 g/mol. The second kappa shape index (κ2) is 28.7. The smallest absolute Gasteiger partial charge is 0.306 e. The lowest BCUT2D eigenvalue weighted by atomic mass is 10.00. The van der Waals surface area contributed by atoms with Crippen LogP contribution in [0.5, 0.6) is 0 Å². The molecule has 1 heterocycles. The Balaban J connectivity index is 2.50. The molecule has 0 aromatic rings. The molecule has 1 aliphatic rings. The first-order valence-corrected chi connectivity index (χ1v) is 20.5. The van der Waals surface area contributed by atoms with Gasteiger partial charge in [-0.15, -0.1) is 0 Å². The molecule has 0 amide bonds. The molecular formula is C37H66O12S. The number of aliphatic hydroxyl groups excluding tert-OH is 3. The van der Waals surface area contributed by atoms with Crippen molar-refractivity contribution >= 4 is 22.1 Å². The van der Waals surface area contributed by atoms with Gasteiger partial charge in [-0.1, -0.05) is 109 Å². The van der Waals surface area contributed by atoms with Crippen LogP contribution < -0.4 is 0 Å². The van der Waals surface area contributed by atoms with E-state index in [1.54, 1.807) is 0 Å². The molecule has 0 bridgehead atoms. The molecule has 0 spiro atoms. The van der Waals surface area contributed by atoms with Crippen molar-refractivity contribution in [2.24, 2.45) is 0 Å². The topological polar surface area (TPSA) is 186 Å². The Labute approximate surface area is 300 Å². The summed E-state index contributed by atoms with van der Waals surface area (Å²) in [6.07, 6.45) is 18.4. The molecule has 6 atom stereocenters. The molecule has 0 aromatic carbocycles. The zero-order valence-corrected chi connectivity index (χ0v) is 31.3. The van der Waals surface area contributed by atoms with E-state index >= 15 is 0 Å². The predicted molar refractivity (Wildman–Crippen MR) is 192 cm³/mol. The van der Waals surface area contributed by atoms with E-state index in [1.807, 2.05) is 0 Å². The summed E-state index contributed by atoms with van der Waals surface area (Å²) in [4.78, 5) is 25.1. The van der Waals surface area contributed by atoms with Crippen molar-refractivity contribution in [3.05, 3.63) is 24.3 Å². The second-order valence-electron chi connectivity index (χ2n) is 13.2. The van der Waals surface area contributed by atoms with Crippen LogP contribution >= 0.6 is 0 Å². The standard InChI is InChI=1S/C37H66O12S/c1-3-5-7-9-11-12-13-14-15-16-17-18-20-21-23-25-32(38)46-27-30(48-33(39)26-24-22-19-10-8-6-4-2)28-47-37-36(42)35(41)34(40)31(49-37)29-50(43,44)45/h11-12,14-15,30-31,34-37,40-42H,3-10,13,16-29H2,1-2H3,(H,43,44,45)/b12-11+,15-14+/t30-,31-,34-,35?,36?,37+/m1/s1. The van der Waals surface area contributed by atoms with Gasteiger partial charge in [-0.05, 0) is 44.9 Å². The number of carbonyl (C=O) groups excluding carboxylic acids is 2. The van der Waals surface area contributed by atoms with E-state index in [1.165, 1.54) is 25.7 Å². The first-order valence-electron chi connectivity index (χ1n) is 18.9. The van der Waals surface area contributed by atoms with Crippen molar-refractivity contribution in [2.45, 2.75) is 179 Å². The van der Waals surface area contributed by atoms with Crippen LogP contribution in [0.4, 0.5) is 0 Å². The van der Waals surface area contributed by atoms with Gasteiger partial charge >= 0.3 is 11.9 Å². The molecule has 50 heavy (non-hydrogen) atoms. The summed E-state index contributed by atoms with van der Waals surface area (Å²) in [7, 11) is -4.59. The summed E-state index contributed by atoms with van der Waals surface area (Å²) >= 11 is 0. The number of hydrogen-bond acceptors (Lipinski definition) is 11. The molecule has 0 aliphatic carbocycles. The summed E-state index contributed by atoms with van der Waals surface area (Å²) in [6, 6.07) is 0. The lowest BCUT2D eigenvalue weighted by Gasteiger charge is -2.40. The van der Waals surface area contributed by atoms with E-state index in [2.05, 4.69) is 38.2 Å². The number of esters is 2. The lowest BCUT2D eigenvalue weighted by molar-refractivity contribution is -0.297. The summed E-state index contributed by atoms with van der Waals surface area (Å²) < 4.78 is 53.6. The highest BCUT2D eigenvalue weighted by atomic mass is 32.2. The maximum atomic E-state index is 12.6. The van der Waals surface area contributed by atoms with Crippen LogP contribution in [-0.2, 0) is 38.7 Å². The van der Waals surface area contributed by atoms with Crippen LogP contribution in [0.3, 0.4) is 0 Å². The Kier molecular flexibility index (Phi) is 26.5. The Morgan fingerprint density at radius 1 is 0.680 bits per heavy atom. The normalized spacial score (nSPS) is 21.9. The first kappa shape index (κ1) is 46.2. The van der Waals surface area contributed by atoms with Gasteiger partial charge in [0.25, 0.3) is 10.1 Å². The maximum Gasteiger partial charge on any atom is 0.306 e. The van der Waals surface area contributed by atoms with E-state index in [9.17, 15) is 37.9 Å². The van der Waals surface area contributed by atoms with Gasteiger partial charge in [0, 0.05) is 12.8 Å². The van der Waals surface area contributed by atoms with Crippen molar-refractivity contribution < 1.29 is 56.8 Å². The highest BCUT2D eigenvalue weighted by molar-refractivity contribution is 7.85. The van der Waals surface area contributed by atoms with Gasteiger partial charge in [0.1, 0.15) is 36.8 Å². The average Bonchev–Trinajstić information content (AvgIpc) is 3.07. The zero-order valence-electron chi connectivity index (χ0n) is 30.5. The minimum absolute atomic E-state index is 0.161. The monoisotopic (exact) mass is 734 g/mol. The summed E-state index contributed by atoms with van der Waals surface area (Å²) in [5, 5.41) is 30.6. The Morgan fingerprint density at radius 3 is 1.80 bits per heavy atom. The molecule has 13 heteroatoms. The van der Waals surface area contributed by atoms with Gasteiger partial charge in [-0.2, -0.15) is 8.42 Å². The molecule has 2 unspecified atom stereocenters. The van der Waals surface area contributed by atoms with E-state index in [0.717, 1.165) is 77.0 Å². The lowest BCUT2D eigenvalue weighted by Crippen LogP contribution is -2.60. The van der Waals surface area contributed by atoms with E-state index < -0.39 is 71.2 Å². The van der Waals surface area contributed by atoms with Crippen molar-refractivity contribution in [1.29, 1.82) is 0 Å². The SMILES string of the molecule is CCCCC/C=C/C/C=C/CCCCCCCC(=O)OC[C@H](CO[C@H]1O[C@H](CS(=O)(=O)O)[C@@H](O)C(O)C1O)OC(=O)CCCCCCCCC. The predicted octanol–water partition coefficient (Wildman–Crippen LogP) is 6.11. The van der Waals surface area contributed by atoms with Gasteiger partial charge in [0.2, 0.25) is 0 Å². The van der Waals surface area contributed by atoms with Gasteiger partial charge < -0.3 is 34.3 Å². The highest BCUT2D eigenvalue weighted by Gasteiger charge is 2.46. The average molecular weight is 735 g/mol.